The molecule has 1 fully saturated rings. The van der Waals surface area contributed by atoms with Gasteiger partial charge in [0.25, 0.3) is 11.8 Å². The number of nitrogens with zero attached hydrogens (tertiary/aromatic N) is 3. The van der Waals surface area contributed by atoms with Crippen molar-refractivity contribution in [3.8, 4) is 11.3 Å². The molecule has 0 aliphatic carbocycles. The number of hydrogen-bond donors (Lipinski definition) is 0. The van der Waals surface area contributed by atoms with Crippen molar-refractivity contribution in [1.82, 2.24) is 14.8 Å². The average Bonchev–Trinajstić information content (AvgIpc) is 2.94. The van der Waals surface area contributed by atoms with E-state index in [0.29, 0.717) is 35.6 Å². The number of benzene rings is 1. The van der Waals surface area contributed by atoms with Crippen LogP contribution in [0.1, 0.15) is 45.7 Å². The normalized spacial score (nSPS) is 16.6. The molecule has 3 amide bonds. The number of rotatable bonds is 3. The number of fused-ring (bicyclic) bond motifs is 1. The summed E-state index contributed by atoms with van der Waals surface area (Å²) in [5.74, 6) is -1.01. The van der Waals surface area contributed by atoms with Gasteiger partial charge in [0.15, 0.2) is 0 Å². The molecule has 27 heavy (non-hydrogen) atoms. The van der Waals surface area contributed by atoms with Crippen molar-refractivity contribution >= 4 is 17.7 Å². The van der Waals surface area contributed by atoms with Gasteiger partial charge in [0.2, 0.25) is 5.91 Å². The van der Waals surface area contributed by atoms with Gasteiger partial charge in [0, 0.05) is 18.7 Å². The number of carbonyl (C=O) groups excluding carboxylic acids is 3. The van der Waals surface area contributed by atoms with Gasteiger partial charge in [0.1, 0.15) is 6.54 Å². The fraction of sp³-hybridized carbons (Fsp3) is 0.333. The lowest BCUT2D eigenvalue weighted by molar-refractivity contribution is -0.132. The summed E-state index contributed by atoms with van der Waals surface area (Å²) >= 11 is 0. The number of aryl methyl sites for hydroxylation is 1. The van der Waals surface area contributed by atoms with Gasteiger partial charge in [0.05, 0.1) is 22.5 Å². The molecule has 0 unspecified atom stereocenters. The summed E-state index contributed by atoms with van der Waals surface area (Å²) in [6, 6.07) is 11.2. The summed E-state index contributed by atoms with van der Waals surface area (Å²) < 4.78 is 0. The standard InChI is InChI=1S/C21H21N3O3/c1-14-19-16(12-17(22-14)15-8-4-2-5-9-15)20(26)24(21(19)27)13-18(25)23-10-6-3-7-11-23/h2,4-5,8-9,12H,3,6-7,10-11,13H2,1H3. The van der Waals surface area contributed by atoms with Crippen molar-refractivity contribution in [2.45, 2.75) is 26.2 Å². The van der Waals surface area contributed by atoms with Crippen molar-refractivity contribution in [2.75, 3.05) is 19.6 Å². The second kappa shape index (κ2) is 6.95. The van der Waals surface area contributed by atoms with Crippen LogP contribution in [0.4, 0.5) is 0 Å². The van der Waals surface area contributed by atoms with Gasteiger partial charge in [-0.05, 0) is 32.3 Å². The molecule has 2 aromatic rings. The third-order valence-electron chi connectivity index (χ3n) is 5.21. The average molecular weight is 363 g/mol. The molecule has 0 atom stereocenters. The van der Waals surface area contributed by atoms with Crippen LogP contribution in [-0.4, -0.2) is 52.1 Å². The van der Waals surface area contributed by atoms with Crippen LogP contribution in [0.2, 0.25) is 0 Å². The molecule has 138 valence electrons. The monoisotopic (exact) mass is 363 g/mol. The van der Waals surface area contributed by atoms with E-state index in [1.807, 2.05) is 30.3 Å². The Kier molecular flexibility index (Phi) is 4.48. The smallest absolute Gasteiger partial charge is 0.263 e. The van der Waals surface area contributed by atoms with Crippen LogP contribution in [0.3, 0.4) is 0 Å². The number of piperidine rings is 1. The SMILES string of the molecule is Cc1nc(-c2ccccc2)cc2c1C(=O)N(CC(=O)N1CCCCC1)C2=O. The van der Waals surface area contributed by atoms with Crippen LogP contribution in [0.25, 0.3) is 11.3 Å². The molecule has 6 nitrogen and oxygen atoms in total. The first-order valence-corrected chi connectivity index (χ1v) is 9.27. The van der Waals surface area contributed by atoms with Crippen LogP contribution < -0.4 is 0 Å². The minimum absolute atomic E-state index is 0.168. The maximum absolute atomic E-state index is 12.9. The summed E-state index contributed by atoms with van der Waals surface area (Å²) in [7, 11) is 0. The molecule has 1 aromatic heterocycles. The first-order valence-electron chi connectivity index (χ1n) is 9.27. The van der Waals surface area contributed by atoms with Crippen molar-refractivity contribution < 1.29 is 14.4 Å². The van der Waals surface area contributed by atoms with Crippen molar-refractivity contribution in [2.24, 2.45) is 0 Å². The molecule has 3 heterocycles. The van der Waals surface area contributed by atoms with Crippen LogP contribution in [0, 0.1) is 6.92 Å². The highest BCUT2D eigenvalue weighted by molar-refractivity contribution is 6.23. The number of hydrogen-bond acceptors (Lipinski definition) is 4. The number of pyridine rings is 1. The molecule has 2 aliphatic rings. The lowest BCUT2D eigenvalue weighted by Gasteiger charge is -2.28. The fourth-order valence-corrected chi connectivity index (χ4v) is 3.76. The lowest BCUT2D eigenvalue weighted by atomic mass is 10.0. The molecule has 1 saturated heterocycles. The molecule has 0 saturated carbocycles. The topological polar surface area (TPSA) is 70.6 Å². The molecule has 0 bridgehead atoms. The number of likely N-dealkylation sites (tertiary alicyclic amines) is 1. The Balaban J connectivity index is 1.62. The Morgan fingerprint density at radius 3 is 2.44 bits per heavy atom. The molecule has 0 spiro atoms. The highest BCUT2D eigenvalue weighted by Gasteiger charge is 2.39. The van der Waals surface area contributed by atoms with Gasteiger partial charge >= 0.3 is 0 Å². The van der Waals surface area contributed by atoms with Crippen molar-refractivity contribution in [1.29, 1.82) is 0 Å². The van der Waals surface area contributed by atoms with Crippen LogP contribution in [0.5, 0.6) is 0 Å². The maximum atomic E-state index is 12.9. The van der Waals surface area contributed by atoms with Crippen LogP contribution in [-0.2, 0) is 4.79 Å². The molecular formula is C21H21N3O3. The zero-order valence-corrected chi connectivity index (χ0v) is 15.3. The van der Waals surface area contributed by atoms with E-state index in [1.54, 1.807) is 17.9 Å². The van der Waals surface area contributed by atoms with E-state index in [1.165, 1.54) is 0 Å². The first-order chi connectivity index (χ1) is 13.1. The summed E-state index contributed by atoms with van der Waals surface area (Å²) in [6.45, 7) is 2.92. The number of carbonyl (C=O) groups is 3. The highest BCUT2D eigenvalue weighted by Crippen LogP contribution is 2.29. The highest BCUT2D eigenvalue weighted by atomic mass is 16.2. The quantitative estimate of drug-likeness (QED) is 0.786. The predicted molar refractivity (Wildman–Crippen MR) is 100 cm³/mol. The third kappa shape index (κ3) is 3.12. The molecule has 2 aliphatic heterocycles. The Morgan fingerprint density at radius 2 is 1.74 bits per heavy atom. The first kappa shape index (κ1) is 17.4. The Labute approximate surface area is 157 Å². The minimum atomic E-state index is -0.426. The van der Waals surface area contributed by atoms with Gasteiger partial charge in [-0.3, -0.25) is 24.3 Å². The van der Waals surface area contributed by atoms with E-state index in [0.717, 1.165) is 29.7 Å². The van der Waals surface area contributed by atoms with E-state index in [4.69, 9.17) is 0 Å². The Bertz CT molecular complexity index is 918. The fourth-order valence-electron chi connectivity index (χ4n) is 3.76. The molecule has 4 rings (SSSR count). The molecule has 6 heteroatoms. The molecular weight excluding hydrogens is 342 g/mol. The van der Waals surface area contributed by atoms with E-state index in [2.05, 4.69) is 4.98 Å². The number of aromatic nitrogens is 1. The molecule has 0 N–H and O–H groups in total. The zero-order chi connectivity index (χ0) is 19.0. The Hall–Kier alpha value is -3.02. The largest absolute Gasteiger partial charge is 0.341 e. The summed E-state index contributed by atoms with van der Waals surface area (Å²) in [6.07, 6.45) is 3.05. The second-order valence-corrected chi connectivity index (χ2v) is 7.02. The van der Waals surface area contributed by atoms with Crippen LogP contribution in [0.15, 0.2) is 36.4 Å². The van der Waals surface area contributed by atoms with Crippen molar-refractivity contribution in [3.63, 3.8) is 0 Å². The molecule has 0 radical (unpaired) electrons. The minimum Gasteiger partial charge on any atom is -0.341 e. The Morgan fingerprint density at radius 1 is 1.04 bits per heavy atom. The zero-order valence-electron chi connectivity index (χ0n) is 15.3. The van der Waals surface area contributed by atoms with Gasteiger partial charge < -0.3 is 4.90 Å². The number of amides is 3. The lowest BCUT2D eigenvalue weighted by Crippen LogP contribution is -2.44. The van der Waals surface area contributed by atoms with E-state index in [-0.39, 0.29) is 12.5 Å². The van der Waals surface area contributed by atoms with Gasteiger partial charge in [-0.2, -0.15) is 0 Å². The van der Waals surface area contributed by atoms with E-state index in [9.17, 15) is 14.4 Å². The van der Waals surface area contributed by atoms with Crippen molar-refractivity contribution in [3.05, 3.63) is 53.2 Å². The van der Waals surface area contributed by atoms with Gasteiger partial charge in [-0.25, -0.2) is 0 Å². The van der Waals surface area contributed by atoms with Gasteiger partial charge in [-0.1, -0.05) is 30.3 Å². The number of imide groups is 1. The van der Waals surface area contributed by atoms with E-state index < -0.39 is 11.8 Å². The van der Waals surface area contributed by atoms with Crippen LogP contribution >= 0.6 is 0 Å². The van der Waals surface area contributed by atoms with E-state index >= 15 is 0 Å². The summed E-state index contributed by atoms with van der Waals surface area (Å²) in [5, 5.41) is 0. The second-order valence-electron chi connectivity index (χ2n) is 7.02. The maximum Gasteiger partial charge on any atom is 0.263 e. The predicted octanol–water partition coefficient (Wildman–Crippen LogP) is 2.67. The molecule has 1 aromatic carbocycles. The summed E-state index contributed by atoms with van der Waals surface area (Å²) in [4.78, 5) is 45.5. The summed E-state index contributed by atoms with van der Waals surface area (Å²) in [5.41, 5.74) is 2.69. The van der Waals surface area contributed by atoms with Gasteiger partial charge in [-0.15, -0.1) is 0 Å². The third-order valence-corrected chi connectivity index (χ3v) is 5.21.